The molecule has 158 valence electrons. The van der Waals surface area contributed by atoms with E-state index in [0.29, 0.717) is 24.2 Å². The SMILES string of the molecule is COCCn1cnc2c(-c3ccccc3)cn(CC(=O)Nc3ccccc3C)c2c1=O. The molecule has 0 aliphatic carbocycles. The first-order chi connectivity index (χ1) is 15.1. The van der Waals surface area contributed by atoms with Crippen LogP contribution in [0.1, 0.15) is 5.56 Å². The minimum atomic E-state index is -0.211. The van der Waals surface area contributed by atoms with Crippen LogP contribution in [0.15, 0.2) is 71.9 Å². The molecule has 7 heteroatoms. The Morgan fingerprint density at radius 3 is 2.55 bits per heavy atom. The number of para-hydroxylation sites is 1. The molecule has 2 heterocycles. The first-order valence-electron chi connectivity index (χ1n) is 10.1. The Balaban J connectivity index is 1.76. The Hall–Kier alpha value is -3.71. The van der Waals surface area contributed by atoms with Gasteiger partial charge < -0.3 is 14.6 Å². The van der Waals surface area contributed by atoms with Crippen LogP contribution in [-0.2, 0) is 22.6 Å². The molecule has 0 radical (unpaired) electrons. The Bertz CT molecular complexity index is 1280. The fourth-order valence-electron chi connectivity index (χ4n) is 3.58. The van der Waals surface area contributed by atoms with E-state index in [0.717, 1.165) is 22.4 Å². The summed E-state index contributed by atoms with van der Waals surface area (Å²) in [6.45, 7) is 2.72. The zero-order chi connectivity index (χ0) is 21.8. The molecule has 0 bridgehead atoms. The number of carbonyl (C=O) groups excluding carboxylic acids is 1. The average Bonchev–Trinajstić information content (AvgIpc) is 3.14. The van der Waals surface area contributed by atoms with Crippen LogP contribution >= 0.6 is 0 Å². The van der Waals surface area contributed by atoms with Crippen LogP contribution in [0.3, 0.4) is 0 Å². The van der Waals surface area contributed by atoms with Crippen LogP contribution in [0, 0.1) is 6.92 Å². The Labute approximate surface area is 179 Å². The highest BCUT2D eigenvalue weighted by molar-refractivity contribution is 5.95. The van der Waals surface area contributed by atoms with Gasteiger partial charge in [-0.3, -0.25) is 14.2 Å². The highest BCUT2D eigenvalue weighted by Crippen LogP contribution is 2.27. The van der Waals surface area contributed by atoms with E-state index in [4.69, 9.17) is 4.74 Å². The average molecular weight is 416 g/mol. The standard InChI is InChI=1S/C24H24N4O3/c1-17-8-6-7-11-20(17)26-21(29)15-28-14-19(18-9-4-3-5-10-18)22-23(28)24(30)27(16-25-22)12-13-31-2/h3-11,14,16H,12-13,15H2,1-2H3,(H,26,29). The number of methoxy groups -OCH3 is 1. The number of aromatic nitrogens is 3. The third-order valence-electron chi connectivity index (χ3n) is 5.20. The van der Waals surface area contributed by atoms with Gasteiger partial charge in [-0.25, -0.2) is 4.98 Å². The van der Waals surface area contributed by atoms with Crippen molar-refractivity contribution < 1.29 is 9.53 Å². The van der Waals surface area contributed by atoms with Crippen molar-refractivity contribution >= 4 is 22.6 Å². The van der Waals surface area contributed by atoms with Gasteiger partial charge in [-0.15, -0.1) is 0 Å². The Morgan fingerprint density at radius 2 is 1.81 bits per heavy atom. The van der Waals surface area contributed by atoms with Crippen LogP contribution in [-0.4, -0.2) is 33.7 Å². The van der Waals surface area contributed by atoms with Gasteiger partial charge in [0.2, 0.25) is 5.91 Å². The number of rotatable bonds is 7. The van der Waals surface area contributed by atoms with E-state index < -0.39 is 0 Å². The quantitative estimate of drug-likeness (QED) is 0.501. The van der Waals surface area contributed by atoms with Crippen LogP contribution < -0.4 is 10.9 Å². The lowest BCUT2D eigenvalue weighted by Gasteiger charge is -2.10. The lowest BCUT2D eigenvalue weighted by Crippen LogP contribution is -2.26. The van der Waals surface area contributed by atoms with Crippen molar-refractivity contribution in [3.05, 3.63) is 83.0 Å². The fourth-order valence-corrected chi connectivity index (χ4v) is 3.58. The van der Waals surface area contributed by atoms with Crippen molar-refractivity contribution in [1.82, 2.24) is 14.1 Å². The molecule has 2 aromatic heterocycles. The molecule has 0 spiro atoms. The van der Waals surface area contributed by atoms with Gasteiger partial charge >= 0.3 is 0 Å². The van der Waals surface area contributed by atoms with E-state index in [1.807, 2.05) is 67.7 Å². The molecular formula is C24H24N4O3. The summed E-state index contributed by atoms with van der Waals surface area (Å²) in [4.78, 5) is 30.6. The summed E-state index contributed by atoms with van der Waals surface area (Å²) < 4.78 is 8.30. The lowest BCUT2D eigenvalue weighted by molar-refractivity contribution is -0.116. The number of amides is 1. The summed E-state index contributed by atoms with van der Waals surface area (Å²) in [5.74, 6) is -0.211. The molecule has 1 amide bonds. The minimum Gasteiger partial charge on any atom is -0.383 e. The number of hydrogen-bond donors (Lipinski definition) is 1. The molecule has 4 aromatic rings. The zero-order valence-corrected chi connectivity index (χ0v) is 17.5. The number of aryl methyl sites for hydroxylation is 1. The van der Waals surface area contributed by atoms with E-state index in [-0.39, 0.29) is 18.0 Å². The van der Waals surface area contributed by atoms with Crippen LogP contribution in [0.25, 0.3) is 22.2 Å². The van der Waals surface area contributed by atoms with Gasteiger partial charge in [0.05, 0.1) is 19.5 Å². The topological polar surface area (TPSA) is 78.2 Å². The summed E-state index contributed by atoms with van der Waals surface area (Å²) in [5, 5.41) is 2.93. The van der Waals surface area contributed by atoms with Crippen LogP contribution in [0.5, 0.6) is 0 Å². The molecule has 0 atom stereocenters. The molecule has 0 fully saturated rings. The lowest BCUT2D eigenvalue weighted by atomic mass is 10.1. The van der Waals surface area contributed by atoms with E-state index in [1.54, 1.807) is 11.7 Å². The Morgan fingerprint density at radius 1 is 1.06 bits per heavy atom. The molecule has 0 saturated carbocycles. The van der Waals surface area contributed by atoms with Crippen molar-refractivity contribution in [3.63, 3.8) is 0 Å². The molecule has 31 heavy (non-hydrogen) atoms. The van der Waals surface area contributed by atoms with E-state index in [1.165, 1.54) is 10.9 Å². The van der Waals surface area contributed by atoms with Crippen LogP contribution in [0.2, 0.25) is 0 Å². The second-order valence-corrected chi connectivity index (χ2v) is 7.33. The maximum atomic E-state index is 13.2. The predicted octanol–water partition coefficient (Wildman–Crippen LogP) is 3.46. The molecule has 1 N–H and O–H groups in total. The largest absolute Gasteiger partial charge is 0.383 e. The van der Waals surface area contributed by atoms with Crippen LogP contribution in [0.4, 0.5) is 5.69 Å². The Kier molecular flexibility index (Phi) is 5.95. The summed E-state index contributed by atoms with van der Waals surface area (Å²) in [7, 11) is 1.59. The molecule has 4 rings (SSSR count). The van der Waals surface area contributed by atoms with Crippen molar-refractivity contribution in [2.75, 3.05) is 19.0 Å². The second-order valence-electron chi connectivity index (χ2n) is 7.33. The molecular weight excluding hydrogens is 392 g/mol. The number of nitrogens with one attached hydrogen (secondary N) is 1. The number of carbonyl (C=O) groups is 1. The van der Waals surface area contributed by atoms with Gasteiger partial charge in [0.25, 0.3) is 5.56 Å². The highest BCUT2D eigenvalue weighted by Gasteiger charge is 2.18. The normalized spacial score (nSPS) is 11.0. The molecule has 2 aromatic carbocycles. The smallest absolute Gasteiger partial charge is 0.277 e. The van der Waals surface area contributed by atoms with Gasteiger partial charge in [-0.05, 0) is 24.1 Å². The number of anilines is 1. The van der Waals surface area contributed by atoms with Gasteiger partial charge in [-0.2, -0.15) is 0 Å². The number of hydrogen-bond acceptors (Lipinski definition) is 4. The maximum absolute atomic E-state index is 13.2. The second kappa shape index (κ2) is 8.97. The molecule has 0 unspecified atom stereocenters. The third kappa shape index (κ3) is 4.27. The molecule has 0 saturated heterocycles. The molecule has 0 aliphatic rings. The van der Waals surface area contributed by atoms with Gasteiger partial charge in [0.15, 0.2) is 0 Å². The monoisotopic (exact) mass is 416 g/mol. The first-order valence-corrected chi connectivity index (χ1v) is 10.1. The van der Waals surface area contributed by atoms with Crippen molar-refractivity contribution in [3.8, 4) is 11.1 Å². The van der Waals surface area contributed by atoms with Gasteiger partial charge in [-0.1, -0.05) is 48.5 Å². The predicted molar refractivity (Wildman–Crippen MR) is 121 cm³/mol. The van der Waals surface area contributed by atoms with Gasteiger partial charge in [0, 0.05) is 24.6 Å². The summed E-state index contributed by atoms with van der Waals surface area (Å²) >= 11 is 0. The zero-order valence-electron chi connectivity index (χ0n) is 17.5. The fraction of sp³-hybridized carbons (Fsp3) is 0.208. The third-order valence-corrected chi connectivity index (χ3v) is 5.20. The first kappa shape index (κ1) is 20.6. The van der Waals surface area contributed by atoms with E-state index >= 15 is 0 Å². The summed E-state index contributed by atoms with van der Waals surface area (Å²) in [6.07, 6.45) is 3.36. The number of ether oxygens (including phenoxy) is 1. The molecule has 7 nitrogen and oxygen atoms in total. The number of fused-ring (bicyclic) bond motifs is 1. The summed E-state index contributed by atoms with van der Waals surface area (Å²) in [6, 6.07) is 17.3. The molecule has 0 aliphatic heterocycles. The number of nitrogens with zero attached hydrogens (tertiary/aromatic N) is 3. The van der Waals surface area contributed by atoms with E-state index in [9.17, 15) is 9.59 Å². The minimum absolute atomic E-state index is 0.00286. The summed E-state index contributed by atoms with van der Waals surface area (Å²) in [5.41, 5.74) is 4.26. The van der Waals surface area contributed by atoms with Crippen molar-refractivity contribution in [2.24, 2.45) is 0 Å². The van der Waals surface area contributed by atoms with Crippen molar-refractivity contribution in [2.45, 2.75) is 20.0 Å². The van der Waals surface area contributed by atoms with Crippen molar-refractivity contribution in [1.29, 1.82) is 0 Å². The number of benzene rings is 2. The highest BCUT2D eigenvalue weighted by atomic mass is 16.5. The van der Waals surface area contributed by atoms with E-state index in [2.05, 4.69) is 10.3 Å². The maximum Gasteiger partial charge on any atom is 0.277 e. The van der Waals surface area contributed by atoms with Gasteiger partial charge in [0.1, 0.15) is 17.6 Å².